The predicted octanol–water partition coefficient (Wildman–Crippen LogP) is 2.55. The van der Waals surface area contributed by atoms with Crippen molar-refractivity contribution >= 4 is 17.2 Å². The van der Waals surface area contributed by atoms with Gasteiger partial charge in [-0.1, -0.05) is 18.2 Å². The van der Waals surface area contributed by atoms with Crippen molar-refractivity contribution in [3.63, 3.8) is 0 Å². The molecular formula is C19H24FN2OS+. The van der Waals surface area contributed by atoms with Gasteiger partial charge in [0.1, 0.15) is 5.82 Å². The second-order valence-corrected chi connectivity index (χ2v) is 7.53. The van der Waals surface area contributed by atoms with Crippen LogP contribution in [-0.4, -0.2) is 25.0 Å². The van der Waals surface area contributed by atoms with Crippen molar-refractivity contribution in [2.24, 2.45) is 0 Å². The fourth-order valence-corrected chi connectivity index (χ4v) is 4.17. The number of nitrogens with one attached hydrogen (secondary N) is 2. The highest BCUT2D eigenvalue weighted by Gasteiger charge is 2.26. The molecule has 3 rings (SSSR count). The van der Waals surface area contributed by atoms with Gasteiger partial charge in [-0.15, -0.1) is 11.3 Å². The molecule has 3 nitrogen and oxygen atoms in total. The Hall–Kier alpha value is -1.72. The van der Waals surface area contributed by atoms with E-state index in [2.05, 4.69) is 12.2 Å². The topological polar surface area (TPSA) is 33.5 Å². The summed E-state index contributed by atoms with van der Waals surface area (Å²) < 4.78 is 13.2. The van der Waals surface area contributed by atoms with Crippen LogP contribution >= 0.6 is 11.3 Å². The fraction of sp³-hybridized carbons (Fsp3) is 0.421. The predicted molar refractivity (Wildman–Crippen MR) is 94.7 cm³/mol. The first-order chi connectivity index (χ1) is 11.6. The number of hydrogen-bond acceptors (Lipinski definition) is 2. The van der Waals surface area contributed by atoms with Crippen LogP contribution in [-0.2, 0) is 4.79 Å². The van der Waals surface area contributed by atoms with Gasteiger partial charge in [0, 0.05) is 4.88 Å². The molecule has 0 spiro atoms. The number of thiophene rings is 1. The van der Waals surface area contributed by atoms with E-state index in [0.717, 1.165) is 17.0 Å². The molecule has 0 radical (unpaired) electrons. The Morgan fingerprint density at radius 3 is 2.79 bits per heavy atom. The Labute approximate surface area is 146 Å². The second kappa shape index (κ2) is 7.90. The maximum atomic E-state index is 13.2. The van der Waals surface area contributed by atoms with Crippen LogP contribution in [0.15, 0.2) is 41.8 Å². The minimum absolute atomic E-state index is 0.0569. The Morgan fingerprint density at radius 2 is 2.12 bits per heavy atom. The number of carbonyl (C=O) groups excluding carboxylic acids is 1. The van der Waals surface area contributed by atoms with Gasteiger partial charge in [-0.05, 0) is 55.3 Å². The van der Waals surface area contributed by atoms with Crippen LogP contribution in [0.2, 0.25) is 0 Å². The van der Waals surface area contributed by atoms with Gasteiger partial charge >= 0.3 is 0 Å². The van der Waals surface area contributed by atoms with Crippen molar-refractivity contribution in [1.29, 1.82) is 0 Å². The minimum atomic E-state index is -0.262. The number of rotatable bonds is 5. The summed E-state index contributed by atoms with van der Waals surface area (Å²) in [7, 11) is 0. The molecule has 2 heterocycles. The van der Waals surface area contributed by atoms with Gasteiger partial charge in [-0.25, -0.2) is 4.39 Å². The highest BCUT2D eigenvalue weighted by molar-refractivity contribution is 7.10. The van der Waals surface area contributed by atoms with Gasteiger partial charge in [0.15, 0.2) is 6.54 Å². The molecular weight excluding hydrogens is 323 g/mol. The van der Waals surface area contributed by atoms with E-state index in [4.69, 9.17) is 0 Å². The summed E-state index contributed by atoms with van der Waals surface area (Å²) in [6.07, 6.45) is 3.65. The SMILES string of the molecule is C[C@H]1CCCC[NH+]1CC(=O)N[C@@H](c1ccc(F)cc1)c1cccs1. The zero-order chi connectivity index (χ0) is 16.9. The van der Waals surface area contributed by atoms with Crippen molar-refractivity contribution in [3.05, 3.63) is 58.0 Å². The molecule has 1 fully saturated rings. The van der Waals surface area contributed by atoms with Gasteiger partial charge in [0.2, 0.25) is 0 Å². The van der Waals surface area contributed by atoms with E-state index >= 15 is 0 Å². The average molecular weight is 347 g/mol. The van der Waals surface area contributed by atoms with Crippen LogP contribution in [0.5, 0.6) is 0 Å². The standard InChI is InChI=1S/C19H23FN2OS/c1-14-5-2-3-11-22(14)13-18(23)21-19(17-6-4-12-24-17)15-7-9-16(20)10-8-15/h4,6-10,12,14,19H,2-3,5,11,13H2,1H3,(H,21,23)/p+1/t14-,19-/m0/s1. The third kappa shape index (κ3) is 4.22. The van der Waals surface area contributed by atoms with E-state index in [-0.39, 0.29) is 17.8 Å². The lowest BCUT2D eigenvalue weighted by molar-refractivity contribution is -0.921. The van der Waals surface area contributed by atoms with Gasteiger partial charge in [-0.3, -0.25) is 4.79 Å². The Bertz CT molecular complexity index is 657. The van der Waals surface area contributed by atoms with Gasteiger partial charge in [0.05, 0.1) is 18.6 Å². The third-order valence-electron chi connectivity index (χ3n) is 4.81. The molecule has 5 heteroatoms. The zero-order valence-corrected chi connectivity index (χ0v) is 14.7. The molecule has 1 aromatic heterocycles. The lowest BCUT2D eigenvalue weighted by atomic mass is 10.0. The Balaban J connectivity index is 1.72. The van der Waals surface area contributed by atoms with E-state index in [1.54, 1.807) is 23.5 Å². The maximum absolute atomic E-state index is 13.2. The summed E-state index contributed by atoms with van der Waals surface area (Å²) in [4.78, 5) is 15.0. The van der Waals surface area contributed by atoms with Crippen LogP contribution in [0.1, 0.15) is 42.7 Å². The lowest BCUT2D eigenvalue weighted by Gasteiger charge is -2.30. The summed E-state index contributed by atoms with van der Waals surface area (Å²) in [5, 5.41) is 5.15. The molecule has 1 aliphatic rings. The maximum Gasteiger partial charge on any atom is 0.275 e. The van der Waals surface area contributed by atoms with Crippen LogP contribution in [0.4, 0.5) is 4.39 Å². The zero-order valence-electron chi connectivity index (χ0n) is 13.9. The van der Waals surface area contributed by atoms with Crippen LogP contribution in [0.3, 0.4) is 0 Å². The number of quaternary nitrogens is 1. The second-order valence-electron chi connectivity index (χ2n) is 6.55. The van der Waals surface area contributed by atoms with E-state index < -0.39 is 0 Å². The highest BCUT2D eigenvalue weighted by atomic mass is 32.1. The molecule has 24 heavy (non-hydrogen) atoms. The summed E-state index contributed by atoms with van der Waals surface area (Å²) in [5.41, 5.74) is 0.911. The molecule has 3 atom stereocenters. The highest BCUT2D eigenvalue weighted by Crippen LogP contribution is 2.26. The molecule has 0 aliphatic carbocycles. The number of halogens is 1. The normalized spacial score (nSPS) is 22.1. The van der Waals surface area contributed by atoms with E-state index in [0.29, 0.717) is 12.6 Å². The Kier molecular flexibility index (Phi) is 5.63. The van der Waals surface area contributed by atoms with Gasteiger partial charge in [0.25, 0.3) is 5.91 Å². The number of hydrogen-bond donors (Lipinski definition) is 2. The summed E-state index contributed by atoms with van der Waals surface area (Å²) >= 11 is 1.60. The fourth-order valence-electron chi connectivity index (χ4n) is 3.36. The smallest absolute Gasteiger partial charge is 0.275 e. The monoisotopic (exact) mass is 347 g/mol. The molecule has 2 aromatic rings. The number of amides is 1. The average Bonchev–Trinajstić information content (AvgIpc) is 3.10. The van der Waals surface area contributed by atoms with Crippen LogP contribution in [0.25, 0.3) is 0 Å². The number of piperidine rings is 1. The van der Waals surface area contributed by atoms with Gasteiger partial charge < -0.3 is 10.2 Å². The van der Waals surface area contributed by atoms with Crippen LogP contribution < -0.4 is 10.2 Å². The van der Waals surface area contributed by atoms with E-state index in [1.165, 1.54) is 36.3 Å². The number of carbonyl (C=O) groups is 1. The van der Waals surface area contributed by atoms with Crippen molar-refractivity contribution in [2.75, 3.05) is 13.1 Å². The first-order valence-corrected chi connectivity index (χ1v) is 9.44. The molecule has 2 N–H and O–H groups in total. The van der Waals surface area contributed by atoms with E-state index in [9.17, 15) is 9.18 Å². The van der Waals surface area contributed by atoms with Crippen molar-refractivity contribution in [1.82, 2.24) is 5.32 Å². The molecule has 1 aromatic carbocycles. The summed E-state index contributed by atoms with van der Waals surface area (Å²) in [6.45, 7) is 3.79. The minimum Gasteiger partial charge on any atom is -0.339 e. The summed E-state index contributed by atoms with van der Waals surface area (Å²) in [6, 6.07) is 10.7. The van der Waals surface area contributed by atoms with Crippen molar-refractivity contribution < 1.29 is 14.1 Å². The largest absolute Gasteiger partial charge is 0.339 e. The van der Waals surface area contributed by atoms with Crippen molar-refractivity contribution in [3.8, 4) is 0 Å². The third-order valence-corrected chi connectivity index (χ3v) is 5.74. The molecule has 0 bridgehead atoms. The molecule has 1 aliphatic heterocycles. The molecule has 128 valence electrons. The number of likely N-dealkylation sites (tertiary alicyclic amines) is 1. The van der Waals surface area contributed by atoms with Crippen LogP contribution in [0, 0.1) is 5.82 Å². The summed E-state index contributed by atoms with van der Waals surface area (Å²) in [5.74, 6) is -0.205. The van der Waals surface area contributed by atoms with Crippen molar-refractivity contribution in [2.45, 2.75) is 38.3 Å². The first kappa shape index (κ1) is 17.1. The molecule has 1 unspecified atom stereocenters. The molecule has 1 amide bonds. The van der Waals surface area contributed by atoms with E-state index in [1.807, 2.05) is 17.5 Å². The van der Waals surface area contributed by atoms with Gasteiger partial charge in [-0.2, -0.15) is 0 Å². The lowest BCUT2D eigenvalue weighted by Crippen LogP contribution is -3.17. The number of benzene rings is 1. The molecule has 0 saturated carbocycles. The first-order valence-electron chi connectivity index (χ1n) is 8.56. The quantitative estimate of drug-likeness (QED) is 0.856. The molecule has 1 saturated heterocycles. The Morgan fingerprint density at radius 1 is 1.33 bits per heavy atom.